The van der Waals surface area contributed by atoms with Crippen molar-refractivity contribution < 1.29 is 4.79 Å². The molecule has 18 heavy (non-hydrogen) atoms. The van der Waals surface area contributed by atoms with Gasteiger partial charge in [-0.3, -0.25) is 4.79 Å². The molecule has 2 N–H and O–H groups in total. The molecule has 0 saturated carbocycles. The zero-order valence-corrected chi connectivity index (χ0v) is 11.8. The Hall–Kier alpha value is -1.17. The second-order valence-corrected chi connectivity index (χ2v) is 5.95. The molecular weight excluding hydrogens is 248 g/mol. The lowest BCUT2D eigenvalue weighted by atomic mass is 9.74. The first kappa shape index (κ1) is 13.3. The second kappa shape index (κ2) is 5.22. The Balaban J connectivity index is 1.99. The molecule has 1 aromatic heterocycles. The summed E-state index contributed by atoms with van der Waals surface area (Å²) in [6.07, 6.45) is 4.55. The Bertz CT molecular complexity index is 417. The first-order valence-electron chi connectivity index (χ1n) is 6.48. The Kier molecular flexibility index (Phi) is 3.85. The highest BCUT2D eigenvalue weighted by Crippen LogP contribution is 2.38. The Morgan fingerprint density at radius 2 is 1.94 bits per heavy atom. The zero-order valence-electron chi connectivity index (χ0n) is 11.0. The van der Waals surface area contributed by atoms with E-state index in [1.54, 1.807) is 0 Å². The number of nitrogen functional groups attached to an aromatic ring is 1. The van der Waals surface area contributed by atoms with Crippen LogP contribution in [0.15, 0.2) is 0 Å². The summed E-state index contributed by atoms with van der Waals surface area (Å²) in [5.74, 6) is -0.0231. The third-order valence-corrected chi connectivity index (χ3v) is 4.98. The molecule has 100 valence electrons. The van der Waals surface area contributed by atoms with Gasteiger partial charge in [0.1, 0.15) is 0 Å². The molecule has 0 spiro atoms. The van der Waals surface area contributed by atoms with E-state index in [1.165, 1.54) is 24.2 Å². The molecule has 0 radical (unpaired) electrons. The molecule has 1 fully saturated rings. The van der Waals surface area contributed by atoms with Gasteiger partial charge in [0.05, 0.1) is 0 Å². The van der Waals surface area contributed by atoms with E-state index in [2.05, 4.69) is 24.0 Å². The van der Waals surface area contributed by atoms with Gasteiger partial charge in [0.15, 0.2) is 0 Å². The smallest absolute Gasteiger partial charge is 0.284 e. The molecule has 5 nitrogen and oxygen atoms in total. The van der Waals surface area contributed by atoms with Crippen molar-refractivity contribution in [1.29, 1.82) is 0 Å². The molecule has 0 unspecified atom stereocenters. The van der Waals surface area contributed by atoms with Crippen LogP contribution in [0.2, 0.25) is 0 Å². The maximum atomic E-state index is 12.2. The average molecular weight is 268 g/mol. The highest BCUT2D eigenvalue weighted by Gasteiger charge is 2.33. The van der Waals surface area contributed by atoms with Crippen LogP contribution in [0.3, 0.4) is 0 Å². The van der Waals surface area contributed by atoms with Gasteiger partial charge >= 0.3 is 0 Å². The lowest BCUT2D eigenvalue weighted by Crippen LogP contribution is -2.42. The lowest BCUT2D eigenvalue weighted by molar-refractivity contribution is 0.0556. The fourth-order valence-corrected chi connectivity index (χ4v) is 3.18. The number of carbonyl (C=O) groups is 1. The quantitative estimate of drug-likeness (QED) is 0.911. The first-order valence-corrected chi connectivity index (χ1v) is 7.30. The van der Waals surface area contributed by atoms with Crippen molar-refractivity contribution in [1.82, 2.24) is 15.1 Å². The van der Waals surface area contributed by atoms with E-state index in [-0.39, 0.29) is 5.91 Å². The van der Waals surface area contributed by atoms with Crippen molar-refractivity contribution in [2.45, 2.75) is 39.5 Å². The standard InChI is InChI=1S/C12H20N4OS/c1-3-12(4-2)5-7-16(8-6-12)10(17)9-14-15-11(13)18-9/h3-8H2,1-2H3,(H2,13,15). The van der Waals surface area contributed by atoms with Crippen molar-refractivity contribution in [3.05, 3.63) is 5.01 Å². The van der Waals surface area contributed by atoms with Crippen LogP contribution < -0.4 is 5.73 Å². The monoisotopic (exact) mass is 268 g/mol. The van der Waals surface area contributed by atoms with Gasteiger partial charge in [0.2, 0.25) is 10.1 Å². The van der Waals surface area contributed by atoms with Crippen molar-refractivity contribution in [3.8, 4) is 0 Å². The van der Waals surface area contributed by atoms with E-state index in [9.17, 15) is 4.79 Å². The van der Waals surface area contributed by atoms with Gasteiger partial charge < -0.3 is 10.6 Å². The summed E-state index contributed by atoms with van der Waals surface area (Å²) < 4.78 is 0. The summed E-state index contributed by atoms with van der Waals surface area (Å²) >= 11 is 1.17. The van der Waals surface area contributed by atoms with Crippen LogP contribution in [-0.4, -0.2) is 34.1 Å². The number of likely N-dealkylation sites (tertiary alicyclic amines) is 1. The van der Waals surface area contributed by atoms with Crippen molar-refractivity contribution in [3.63, 3.8) is 0 Å². The maximum Gasteiger partial charge on any atom is 0.284 e. The molecule has 2 rings (SSSR count). The molecule has 1 aliphatic rings. The minimum Gasteiger partial charge on any atom is -0.374 e. The van der Waals surface area contributed by atoms with E-state index in [0.717, 1.165) is 25.9 Å². The Morgan fingerprint density at radius 1 is 1.33 bits per heavy atom. The van der Waals surface area contributed by atoms with Crippen LogP contribution in [0.5, 0.6) is 0 Å². The van der Waals surface area contributed by atoms with E-state index >= 15 is 0 Å². The number of rotatable bonds is 3. The molecule has 1 amide bonds. The molecule has 2 heterocycles. The van der Waals surface area contributed by atoms with Gasteiger partial charge in [-0.25, -0.2) is 0 Å². The topological polar surface area (TPSA) is 72.1 Å². The summed E-state index contributed by atoms with van der Waals surface area (Å²) in [5, 5.41) is 8.28. The predicted octanol–water partition coefficient (Wildman–Crippen LogP) is 2.16. The number of amides is 1. The Labute approximate surface area is 111 Å². The van der Waals surface area contributed by atoms with Crippen LogP contribution in [-0.2, 0) is 0 Å². The molecule has 0 atom stereocenters. The minimum atomic E-state index is -0.0231. The number of piperidine rings is 1. The Morgan fingerprint density at radius 3 is 2.39 bits per heavy atom. The van der Waals surface area contributed by atoms with E-state index in [4.69, 9.17) is 5.73 Å². The van der Waals surface area contributed by atoms with Gasteiger partial charge in [-0.1, -0.05) is 38.0 Å². The molecule has 1 saturated heterocycles. The first-order chi connectivity index (χ1) is 8.60. The zero-order chi connectivity index (χ0) is 13.2. The fourth-order valence-electron chi connectivity index (χ4n) is 2.60. The fraction of sp³-hybridized carbons (Fsp3) is 0.750. The van der Waals surface area contributed by atoms with Gasteiger partial charge in [0, 0.05) is 13.1 Å². The number of hydrogen-bond acceptors (Lipinski definition) is 5. The molecular formula is C12H20N4OS. The highest BCUT2D eigenvalue weighted by molar-refractivity contribution is 7.16. The summed E-state index contributed by atoms with van der Waals surface area (Å²) in [6, 6.07) is 0. The molecule has 0 aliphatic carbocycles. The number of aromatic nitrogens is 2. The van der Waals surface area contributed by atoms with E-state index in [1.807, 2.05) is 4.90 Å². The average Bonchev–Trinajstić information content (AvgIpc) is 2.85. The van der Waals surface area contributed by atoms with Gasteiger partial charge in [-0.2, -0.15) is 0 Å². The number of anilines is 1. The van der Waals surface area contributed by atoms with Gasteiger partial charge in [0.25, 0.3) is 5.91 Å². The van der Waals surface area contributed by atoms with Gasteiger partial charge in [-0.15, -0.1) is 10.2 Å². The summed E-state index contributed by atoms with van der Waals surface area (Å²) in [6.45, 7) is 6.12. The lowest BCUT2D eigenvalue weighted by Gasteiger charge is -2.40. The van der Waals surface area contributed by atoms with Crippen LogP contribution in [0.4, 0.5) is 5.13 Å². The molecule has 0 aromatic carbocycles. The SMILES string of the molecule is CCC1(CC)CCN(C(=O)c2nnc(N)s2)CC1. The molecule has 0 bridgehead atoms. The van der Waals surface area contributed by atoms with Crippen molar-refractivity contribution >= 4 is 22.4 Å². The summed E-state index contributed by atoms with van der Waals surface area (Å²) in [5.41, 5.74) is 5.93. The number of nitrogens with zero attached hydrogens (tertiary/aromatic N) is 3. The predicted molar refractivity (Wildman–Crippen MR) is 72.5 cm³/mol. The summed E-state index contributed by atoms with van der Waals surface area (Å²) in [4.78, 5) is 14.1. The van der Waals surface area contributed by atoms with Crippen LogP contribution in [0, 0.1) is 5.41 Å². The van der Waals surface area contributed by atoms with Crippen LogP contribution in [0.1, 0.15) is 49.3 Å². The highest BCUT2D eigenvalue weighted by atomic mass is 32.1. The third-order valence-electron chi connectivity index (χ3n) is 4.23. The maximum absolute atomic E-state index is 12.2. The van der Waals surface area contributed by atoms with Crippen LogP contribution >= 0.6 is 11.3 Å². The minimum absolute atomic E-state index is 0.0231. The summed E-state index contributed by atoms with van der Waals surface area (Å²) in [7, 11) is 0. The van der Waals surface area contributed by atoms with E-state index in [0.29, 0.717) is 15.6 Å². The number of carbonyl (C=O) groups excluding carboxylic acids is 1. The molecule has 6 heteroatoms. The van der Waals surface area contributed by atoms with Crippen molar-refractivity contribution in [2.24, 2.45) is 5.41 Å². The van der Waals surface area contributed by atoms with Crippen LogP contribution in [0.25, 0.3) is 0 Å². The van der Waals surface area contributed by atoms with E-state index < -0.39 is 0 Å². The number of hydrogen-bond donors (Lipinski definition) is 1. The number of nitrogens with two attached hydrogens (primary N) is 1. The molecule has 1 aliphatic heterocycles. The largest absolute Gasteiger partial charge is 0.374 e. The van der Waals surface area contributed by atoms with Crippen molar-refractivity contribution in [2.75, 3.05) is 18.8 Å². The normalized spacial score (nSPS) is 18.9. The third kappa shape index (κ3) is 2.48. The second-order valence-electron chi connectivity index (χ2n) is 4.94. The van der Waals surface area contributed by atoms with Gasteiger partial charge in [-0.05, 0) is 18.3 Å². The molecule has 1 aromatic rings.